The molecule has 4 rings (SSSR count). The van der Waals surface area contributed by atoms with Crippen molar-refractivity contribution < 1.29 is 4.79 Å². The standard InChI is InChI=1S/C20H17Cl2N5OS2/c21-11-5-6-12(16(22)7-11)14(15-8-24-17-4-2-1-3-13(15)17)9-25-18(28)10-29-20-27-26-19(23)30-20/h1-8,14,24H,9-10H2,(H2,23,26)(H,25,28). The monoisotopic (exact) mass is 477 g/mol. The van der Waals surface area contributed by atoms with Crippen molar-refractivity contribution in [2.75, 3.05) is 18.0 Å². The number of H-pyrrole nitrogens is 1. The molecule has 2 aromatic heterocycles. The van der Waals surface area contributed by atoms with Crippen LogP contribution in [0.5, 0.6) is 0 Å². The second-order valence-corrected chi connectivity index (χ2v) is 9.58. The van der Waals surface area contributed by atoms with E-state index in [2.05, 4.69) is 26.6 Å². The lowest BCUT2D eigenvalue weighted by Crippen LogP contribution is -2.30. The number of anilines is 1. The van der Waals surface area contributed by atoms with Crippen LogP contribution in [0.4, 0.5) is 5.13 Å². The highest BCUT2D eigenvalue weighted by Gasteiger charge is 2.21. The van der Waals surface area contributed by atoms with E-state index in [1.165, 1.54) is 23.1 Å². The summed E-state index contributed by atoms with van der Waals surface area (Å²) in [6.07, 6.45) is 1.96. The number of aromatic amines is 1. The van der Waals surface area contributed by atoms with E-state index in [1.54, 1.807) is 6.07 Å². The molecule has 1 amide bonds. The van der Waals surface area contributed by atoms with Gasteiger partial charge in [-0.3, -0.25) is 4.79 Å². The smallest absolute Gasteiger partial charge is 0.230 e. The van der Waals surface area contributed by atoms with Gasteiger partial charge in [0.25, 0.3) is 0 Å². The van der Waals surface area contributed by atoms with Gasteiger partial charge >= 0.3 is 0 Å². The Morgan fingerprint density at radius 3 is 2.80 bits per heavy atom. The summed E-state index contributed by atoms with van der Waals surface area (Å²) in [5, 5.41) is 13.3. The Morgan fingerprint density at radius 2 is 2.03 bits per heavy atom. The van der Waals surface area contributed by atoms with Crippen LogP contribution in [0.3, 0.4) is 0 Å². The number of para-hydroxylation sites is 1. The summed E-state index contributed by atoms with van der Waals surface area (Å²) in [7, 11) is 0. The number of nitrogen functional groups attached to an aromatic ring is 1. The lowest BCUT2D eigenvalue weighted by Gasteiger charge is -2.19. The number of carbonyl (C=O) groups is 1. The highest BCUT2D eigenvalue weighted by Crippen LogP contribution is 2.35. The second kappa shape index (κ2) is 9.26. The summed E-state index contributed by atoms with van der Waals surface area (Å²) in [6.45, 7) is 0.390. The van der Waals surface area contributed by atoms with Crippen LogP contribution in [0, 0.1) is 0 Å². The molecule has 1 unspecified atom stereocenters. The van der Waals surface area contributed by atoms with Gasteiger partial charge in [-0.15, -0.1) is 10.2 Å². The minimum absolute atomic E-state index is 0.108. The number of thioether (sulfide) groups is 1. The van der Waals surface area contributed by atoms with Crippen LogP contribution in [0.1, 0.15) is 17.0 Å². The Bertz CT molecular complexity index is 1190. The minimum Gasteiger partial charge on any atom is -0.374 e. The molecule has 0 aliphatic heterocycles. The van der Waals surface area contributed by atoms with Crippen LogP contribution >= 0.6 is 46.3 Å². The van der Waals surface area contributed by atoms with Crippen molar-refractivity contribution in [3.8, 4) is 0 Å². The summed E-state index contributed by atoms with van der Waals surface area (Å²) < 4.78 is 0.663. The van der Waals surface area contributed by atoms with Crippen LogP contribution in [0.15, 0.2) is 53.0 Å². The van der Waals surface area contributed by atoms with Crippen molar-refractivity contribution >= 4 is 68.2 Å². The summed E-state index contributed by atoms with van der Waals surface area (Å²) in [4.78, 5) is 15.8. The maximum Gasteiger partial charge on any atom is 0.230 e. The quantitative estimate of drug-likeness (QED) is 0.327. The van der Waals surface area contributed by atoms with Gasteiger partial charge in [-0.05, 0) is 29.3 Å². The van der Waals surface area contributed by atoms with E-state index in [0.29, 0.717) is 26.1 Å². The normalized spacial score (nSPS) is 12.2. The number of nitrogens with zero attached hydrogens (tertiary/aromatic N) is 2. The highest BCUT2D eigenvalue weighted by atomic mass is 35.5. The maximum atomic E-state index is 12.5. The highest BCUT2D eigenvalue weighted by molar-refractivity contribution is 8.01. The van der Waals surface area contributed by atoms with E-state index >= 15 is 0 Å². The minimum atomic E-state index is -0.142. The molecule has 0 bridgehead atoms. The molecule has 1 atom stereocenters. The van der Waals surface area contributed by atoms with Crippen LogP contribution in [-0.2, 0) is 4.79 Å². The average molecular weight is 478 g/mol. The molecule has 30 heavy (non-hydrogen) atoms. The number of hydrogen-bond acceptors (Lipinski definition) is 6. The molecule has 4 aromatic rings. The first kappa shape index (κ1) is 21.0. The number of rotatable bonds is 7. The second-order valence-electron chi connectivity index (χ2n) is 6.51. The molecule has 0 saturated heterocycles. The Hall–Kier alpha value is -2.26. The third kappa shape index (κ3) is 4.73. The molecule has 6 nitrogen and oxygen atoms in total. The van der Waals surface area contributed by atoms with Gasteiger partial charge in [0.1, 0.15) is 0 Å². The Labute approximate surface area is 191 Å². The van der Waals surface area contributed by atoms with Gasteiger partial charge in [0, 0.05) is 39.6 Å². The number of fused-ring (bicyclic) bond motifs is 1. The summed E-state index contributed by atoms with van der Waals surface area (Å²) in [5.41, 5.74) is 8.56. The number of carbonyl (C=O) groups excluding carboxylic acids is 1. The first-order chi connectivity index (χ1) is 14.5. The summed E-state index contributed by atoms with van der Waals surface area (Å²) >= 11 is 15.2. The molecule has 0 spiro atoms. The zero-order valence-corrected chi connectivity index (χ0v) is 18.7. The van der Waals surface area contributed by atoms with Crippen LogP contribution in [-0.4, -0.2) is 33.4 Å². The van der Waals surface area contributed by atoms with E-state index in [-0.39, 0.29) is 17.6 Å². The molecular formula is C20H17Cl2N5OS2. The lowest BCUT2D eigenvalue weighted by atomic mass is 9.90. The van der Waals surface area contributed by atoms with Gasteiger partial charge in [-0.2, -0.15) is 0 Å². The molecule has 2 heterocycles. The molecule has 154 valence electrons. The molecule has 0 radical (unpaired) electrons. The number of nitrogens with one attached hydrogen (secondary N) is 2. The number of nitrogens with two attached hydrogens (primary N) is 1. The van der Waals surface area contributed by atoms with Gasteiger partial charge < -0.3 is 16.0 Å². The zero-order chi connectivity index (χ0) is 21.1. The molecule has 4 N–H and O–H groups in total. The predicted octanol–water partition coefficient (Wildman–Crippen LogP) is 4.95. The van der Waals surface area contributed by atoms with E-state index in [9.17, 15) is 4.79 Å². The molecule has 0 aliphatic rings. The zero-order valence-electron chi connectivity index (χ0n) is 15.6. The largest absolute Gasteiger partial charge is 0.374 e. The first-order valence-electron chi connectivity index (χ1n) is 9.00. The van der Waals surface area contributed by atoms with Crippen molar-refractivity contribution in [3.63, 3.8) is 0 Å². The van der Waals surface area contributed by atoms with Crippen molar-refractivity contribution in [3.05, 3.63) is 69.8 Å². The SMILES string of the molecule is Nc1nnc(SCC(=O)NCC(c2ccc(Cl)cc2Cl)c2c[nH]c3ccccc23)s1. The van der Waals surface area contributed by atoms with Crippen molar-refractivity contribution in [1.82, 2.24) is 20.5 Å². The number of hydrogen-bond donors (Lipinski definition) is 3. The van der Waals surface area contributed by atoms with Crippen molar-refractivity contribution in [1.29, 1.82) is 0 Å². The predicted molar refractivity (Wildman–Crippen MR) is 125 cm³/mol. The fourth-order valence-corrected chi connectivity index (χ4v) is 5.23. The topological polar surface area (TPSA) is 96.7 Å². The van der Waals surface area contributed by atoms with Crippen molar-refractivity contribution in [2.45, 2.75) is 10.3 Å². The van der Waals surface area contributed by atoms with Crippen LogP contribution in [0.2, 0.25) is 10.0 Å². The fraction of sp³-hybridized carbons (Fsp3) is 0.150. The summed E-state index contributed by atoms with van der Waals surface area (Å²) in [6, 6.07) is 13.5. The average Bonchev–Trinajstić information content (AvgIpc) is 3.34. The van der Waals surface area contributed by atoms with E-state index in [4.69, 9.17) is 28.9 Å². The number of amides is 1. The van der Waals surface area contributed by atoms with E-state index in [1.807, 2.05) is 36.5 Å². The Kier molecular flexibility index (Phi) is 6.48. The van der Waals surface area contributed by atoms with Gasteiger partial charge in [-0.1, -0.05) is 70.6 Å². The third-order valence-electron chi connectivity index (χ3n) is 4.59. The van der Waals surface area contributed by atoms with Gasteiger partial charge in [0.05, 0.1) is 5.75 Å². The molecule has 2 aromatic carbocycles. The molecule has 0 aliphatic carbocycles. The van der Waals surface area contributed by atoms with Crippen LogP contribution < -0.4 is 11.1 Å². The van der Waals surface area contributed by atoms with Crippen molar-refractivity contribution in [2.24, 2.45) is 0 Å². The number of benzene rings is 2. The maximum absolute atomic E-state index is 12.5. The number of halogens is 2. The molecule has 10 heteroatoms. The summed E-state index contributed by atoms with van der Waals surface area (Å²) in [5.74, 6) is -0.0235. The van der Waals surface area contributed by atoms with Gasteiger partial charge in [0.2, 0.25) is 11.0 Å². The Balaban J connectivity index is 1.55. The van der Waals surface area contributed by atoms with E-state index < -0.39 is 0 Å². The number of aromatic nitrogens is 3. The first-order valence-corrected chi connectivity index (χ1v) is 11.6. The molecule has 0 saturated carbocycles. The lowest BCUT2D eigenvalue weighted by molar-refractivity contribution is -0.118. The molecular weight excluding hydrogens is 461 g/mol. The molecule has 0 fully saturated rings. The van der Waals surface area contributed by atoms with Gasteiger partial charge in [-0.25, -0.2) is 0 Å². The van der Waals surface area contributed by atoms with Gasteiger partial charge in [0.15, 0.2) is 4.34 Å². The van der Waals surface area contributed by atoms with Crippen LogP contribution in [0.25, 0.3) is 10.9 Å². The fourth-order valence-electron chi connectivity index (χ4n) is 3.23. The Morgan fingerprint density at radius 1 is 1.20 bits per heavy atom. The third-order valence-corrected chi connectivity index (χ3v) is 7.03. The van der Waals surface area contributed by atoms with E-state index in [0.717, 1.165) is 22.0 Å².